The molecule has 2 aliphatic rings. The number of fused-ring (bicyclic) bond motifs is 2. The third kappa shape index (κ3) is 1.96. The van der Waals surface area contributed by atoms with Crippen molar-refractivity contribution in [1.82, 2.24) is 0 Å². The van der Waals surface area contributed by atoms with E-state index in [2.05, 4.69) is 0 Å². The quantitative estimate of drug-likeness (QED) is 0.631. The number of carbonyl (C=O) groups excluding carboxylic acids is 1. The molecule has 0 spiro atoms. The molecular weight excluding hydrogens is 312 g/mol. The monoisotopic (exact) mass is 332 g/mol. The van der Waals surface area contributed by atoms with Crippen LogP contribution in [0.15, 0.2) is 58.5 Å². The van der Waals surface area contributed by atoms with E-state index >= 15 is 0 Å². The molecule has 3 rings (SSSR count). The average molecular weight is 332 g/mol. The Morgan fingerprint density at radius 3 is 2.39 bits per heavy atom. The molecule has 0 unspecified atom stereocenters. The minimum Gasteiger partial charge on any atom is -0.468 e. The van der Waals surface area contributed by atoms with Crippen LogP contribution in [0.2, 0.25) is 0 Å². The summed E-state index contributed by atoms with van der Waals surface area (Å²) >= 11 is 0. The van der Waals surface area contributed by atoms with Gasteiger partial charge in [-0.2, -0.15) is 0 Å². The van der Waals surface area contributed by atoms with Crippen LogP contribution in [0.3, 0.4) is 0 Å². The number of carbonyl (C=O) groups is 1. The Hall–Kier alpha value is -1.88. The summed E-state index contributed by atoms with van der Waals surface area (Å²) in [5.41, 5.74) is 1.55. The minimum absolute atomic E-state index is 0.0115. The average Bonchev–Trinajstić information content (AvgIpc) is 3.14. The standard InChI is InChI=1S/C18H20O4S/c1-12(2)16-13-9-10-14(11-13)18(16,17(19)22-3)23(20,21)15-7-5-4-6-8-15/h4-10,13-14H,11H2,1-3H3/t13-,14+,18+/m0/s1. The first-order valence-electron chi connectivity index (χ1n) is 7.61. The van der Waals surface area contributed by atoms with Crippen molar-refractivity contribution in [1.29, 1.82) is 0 Å². The van der Waals surface area contributed by atoms with E-state index in [-0.39, 0.29) is 16.7 Å². The lowest BCUT2D eigenvalue weighted by Crippen LogP contribution is -2.52. The van der Waals surface area contributed by atoms with Gasteiger partial charge in [0.25, 0.3) is 0 Å². The fourth-order valence-electron chi connectivity index (χ4n) is 4.08. The molecule has 0 saturated heterocycles. The molecule has 1 aromatic carbocycles. The van der Waals surface area contributed by atoms with Crippen LogP contribution in [0.4, 0.5) is 0 Å². The van der Waals surface area contributed by atoms with Crippen LogP contribution < -0.4 is 0 Å². The Morgan fingerprint density at radius 2 is 1.83 bits per heavy atom. The second-order valence-corrected chi connectivity index (χ2v) is 8.41. The Balaban J connectivity index is 2.35. The van der Waals surface area contributed by atoms with Gasteiger partial charge in [0.1, 0.15) is 0 Å². The lowest BCUT2D eigenvalue weighted by molar-refractivity contribution is -0.143. The number of methoxy groups -OCH3 is 1. The third-order valence-corrected chi connectivity index (χ3v) is 7.31. The summed E-state index contributed by atoms with van der Waals surface area (Å²) in [6.45, 7) is 3.73. The van der Waals surface area contributed by atoms with E-state index in [4.69, 9.17) is 4.74 Å². The van der Waals surface area contributed by atoms with Gasteiger partial charge in [0.05, 0.1) is 12.0 Å². The number of benzene rings is 1. The SMILES string of the molecule is COC(=O)[C@]1(S(=O)(=O)c2ccccc2)C(=C(C)C)[C@H]2C=C[C@@H]1C2. The normalized spacial score (nSPS) is 28.9. The molecule has 0 radical (unpaired) electrons. The maximum atomic E-state index is 13.5. The van der Waals surface area contributed by atoms with E-state index in [9.17, 15) is 13.2 Å². The molecule has 0 N–H and O–H groups in total. The predicted molar refractivity (Wildman–Crippen MR) is 87.5 cm³/mol. The molecule has 2 aliphatic carbocycles. The Morgan fingerprint density at radius 1 is 1.17 bits per heavy atom. The van der Waals surface area contributed by atoms with Crippen molar-refractivity contribution in [2.45, 2.75) is 29.9 Å². The summed E-state index contributed by atoms with van der Waals surface area (Å²) < 4.78 is 30.3. The molecule has 1 aromatic rings. The highest BCUT2D eigenvalue weighted by Gasteiger charge is 2.66. The van der Waals surface area contributed by atoms with Crippen molar-refractivity contribution in [3.8, 4) is 0 Å². The van der Waals surface area contributed by atoms with Crippen molar-refractivity contribution in [3.63, 3.8) is 0 Å². The summed E-state index contributed by atoms with van der Waals surface area (Å²) in [7, 11) is -2.67. The smallest absolute Gasteiger partial charge is 0.332 e. The maximum Gasteiger partial charge on any atom is 0.332 e. The number of sulfone groups is 1. The van der Waals surface area contributed by atoms with Crippen LogP contribution in [0.5, 0.6) is 0 Å². The van der Waals surface area contributed by atoms with Gasteiger partial charge in [0.2, 0.25) is 4.75 Å². The van der Waals surface area contributed by atoms with Crippen molar-refractivity contribution in [2.24, 2.45) is 11.8 Å². The molecule has 0 aromatic heterocycles. The van der Waals surface area contributed by atoms with Gasteiger partial charge in [-0.1, -0.05) is 35.9 Å². The second kappa shape index (κ2) is 5.34. The zero-order chi connectivity index (χ0) is 16.8. The molecule has 0 heterocycles. The van der Waals surface area contributed by atoms with Crippen LogP contribution in [0.1, 0.15) is 20.3 Å². The molecule has 122 valence electrons. The number of hydrogen-bond donors (Lipinski definition) is 0. The Labute approximate surface area is 136 Å². The fraction of sp³-hybridized carbons (Fsp3) is 0.389. The van der Waals surface area contributed by atoms with Crippen LogP contribution in [-0.2, 0) is 19.4 Å². The number of esters is 1. The molecule has 23 heavy (non-hydrogen) atoms. The number of rotatable bonds is 3. The van der Waals surface area contributed by atoms with E-state index in [1.807, 2.05) is 26.0 Å². The number of hydrogen-bond acceptors (Lipinski definition) is 4. The van der Waals surface area contributed by atoms with Crippen LogP contribution in [0, 0.1) is 11.8 Å². The van der Waals surface area contributed by atoms with Gasteiger partial charge in [0.15, 0.2) is 9.84 Å². The van der Waals surface area contributed by atoms with Gasteiger partial charge < -0.3 is 4.74 Å². The number of allylic oxidation sites excluding steroid dienone is 3. The summed E-state index contributed by atoms with van der Waals surface area (Å²) in [6.07, 6.45) is 4.50. The van der Waals surface area contributed by atoms with E-state index < -0.39 is 20.6 Å². The summed E-state index contributed by atoms with van der Waals surface area (Å²) in [4.78, 5) is 12.9. The van der Waals surface area contributed by atoms with Crippen molar-refractivity contribution >= 4 is 15.8 Å². The summed E-state index contributed by atoms with van der Waals surface area (Å²) in [5.74, 6) is -1.08. The lowest BCUT2D eigenvalue weighted by Gasteiger charge is -2.35. The van der Waals surface area contributed by atoms with Crippen LogP contribution in [-0.4, -0.2) is 26.2 Å². The van der Waals surface area contributed by atoms with Gasteiger partial charge in [0, 0.05) is 11.8 Å². The molecule has 0 amide bonds. The van der Waals surface area contributed by atoms with Crippen LogP contribution in [0.25, 0.3) is 0 Å². The fourth-order valence-corrected chi connectivity index (χ4v) is 6.49. The topological polar surface area (TPSA) is 60.4 Å². The third-order valence-electron chi connectivity index (χ3n) is 4.88. The molecule has 1 saturated carbocycles. The van der Waals surface area contributed by atoms with E-state index in [0.717, 1.165) is 5.57 Å². The second-order valence-electron chi connectivity index (χ2n) is 6.29. The zero-order valence-electron chi connectivity index (χ0n) is 13.4. The van der Waals surface area contributed by atoms with Crippen molar-refractivity contribution < 1.29 is 17.9 Å². The first-order valence-corrected chi connectivity index (χ1v) is 9.10. The van der Waals surface area contributed by atoms with Crippen molar-refractivity contribution in [2.75, 3.05) is 7.11 Å². The molecule has 4 nitrogen and oxygen atoms in total. The number of ether oxygens (including phenoxy) is 1. The summed E-state index contributed by atoms with van der Waals surface area (Å²) in [6, 6.07) is 8.18. The Kier molecular flexibility index (Phi) is 3.71. The first kappa shape index (κ1) is 16.0. The molecule has 1 fully saturated rings. The van der Waals surface area contributed by atoms with E-state index in [0.29, 0.717) is 12.0 Å². The Bertz CT molecular complexity index is 801. The highest BCUT2D eigenvalue weighted by Crippen LogP contribution is 2.57. The minimum atomic E-state index is -3.92. The van der Waals surface area contributed by atoms with E-state index in [1.165, 1.54) is 7.11 Å². The van der Waals surface area contributed by atoms with Crippen molar-refractivity contribution in [3.05, 3.63) is 53.6 Å². The predicted octanol–water partition coefficient (Wildman–Crippen LogP) is 2.91. The molecular formula is C18H20O4S. The van der Waals surface area contributed by atoms with Gasteiger partial charge in [-0.15, -0.1) is 0 Å². The maximum absolute atomic E-state index is 13.5. The van der Waals surface area contributed by atoms with Gasteiger partial charge in [-0.05, 0) is 38.0 Å². The van der Waals surface area contributed by atoms with E-state index in [1.54, 1.807) is 30.3 Å². The molecule has 5 heteroatoms. The molecule has 2 bridgehead atoms. The molecule has 0 aliphatic heterocycles. The summed E-state index contributed by atoms with van der Waals surface area (Å²) in [5, 5.41) is 0. The highest BCUT2D eigenvalue weighted by atomic mass is 32.2. The van der Waals surface area contributed by atoms with Crippen LogP contribution >= 0.6 is 0 Å². The van der Waals surface area contributed by atoms with Gasteiger partial charge in [-0.3, -0.25) is 0 Å². The zero-order valence-corrected chi connectivity index (χ0v) is 14.3. The van der Waals surface area contributed by atoms with Gasteiger partial charge in [-0.25, -0.2) is 13.2 Å². The highest BCUT2D eigenvalue weighted by molar-refractivity contribution is 7.94. The first-order chi connectivity index (χ1) is 10.9. The molecule has 3 atom stereocenters. The van der Waals surface area contributed by atoms with Gasteiger partial charge >= 0.3 is 5.97 Å². The largest absolute Gasteiger partial charge is 0.468 e. The lowest BCUT2D eigenvalue weighted by atomic mass is 9.85.